The van der Waals surface area contributed by atoms with Crippen molar-refractivity contribution >= 4 is 11.6 Å². The summed E-state index contributed by atoms with van der Waals surface area (Å²) < 4.78 is 0. The Hall–Kier alpha value is -1.39. The van der Waals surface area contributed by atoms with Gasteiger partial charge in [-0.1, -0.05) is 19.1 Å². The summed E-state index contributed by atoms with van der Waals surface area (Å²) in [5, 5.41) is 3.01. The second-order valence-electron chi connectivity index (χ2n) is 5.96. The average Bonchev–Trinajstić information content (AvgIpc) is 2.39. The van der Waals surface area contributed by atoms with Crippen molar-refractivity contribution in [2.75, 3.05) is 25.0 Å². The van der Waals surface area contributed by atoms with Crippen molar-refractivity contribution < 1.29 is 4.79 Å². The van der Waals surface area contributed by atoms with E-state index in [4.69, 9.17) is 5.73 Å². The number of hydrogen-bond acceptors (Lipinski definition) is 3. The van der Waals surface area contributed by atoms with Gasteiger partial charge in [0.1, 0.15) is 0 Å². The fourth-order valence-corrected chi connectivity index (χ4v) is 2.67. The Morgan fingerprint density at radius 2 is 2.20 bits per heavy atom. The molecule has 1 fully saturated rings. The average molecular weight is 275 g/mol. The summed E-state index contributed by atoms with van der Waals surface area (Å²) in [6.07, 6.45) is 0.970. The molecule has 2 unspecified atom stereocenters. The third kappa shape index (κ3) is 3.58. The summed E-state index contributed by atoms with van der Waals surface area (Å²) in [7, 11) is 0. The normalized spacial score (nSPS) is 23.6. The van der Waals surface area contributed by atoms with Gasteiger partial charge in [-0.25, -0.2) is 0 Å². The molecule has 1 heterocycles. The van der Waals surface area contributed by atoms with Gasteiger partial charge in [0.15, 0.2) is 0 Å². The number of anilines is 1. The Morgan fingerprint density at radius 1 is 1.45 bits per heavy atom. The van der Waals surface area contributed by atoms with Crippen LogP contribution in [0.1, 0.15) is 24.5 Å². The summed E-state index contributed by atoms with van der Waals surface area (Å²) in [5.41, 5.74) is 9.25. The molecule has 2 rings (SSSR count). The Labute approximate surface area is 121 Å². The van der Waals surface area contributed by atoms with E-state index in [0.717, 1.165) is 30.8 Å². The van der Waals surface area contributed by atoms with Gasteiger partial charge in [0.25, 0.3) is 0 Å². The number of benzene rings is 1. The number of rotatable bonds is 3. The Bertz CT molecular complexity index is 487. The van der Waals surface area contributed by atoms with E-state index >= 15 is 0 Å². The molecule has 0 aromatic heterocycles. The minimum absolute atomic E-state index is 0.0568. The van der Waals surface area contributed by atoms with Crippen LogP contribution in [0.2, 0.25) is 0 Å². The molecule has 2 atom stereocenters. The van der Waals surface area contributed by atoms with Crippen molar-refractivity contribution in [2.45, 2.75) is 33.2 Å². The lowest BCUT2D eigenvalue weighted by molar-refractivity contribution is -0.117. The molecule has 4 nitrogen and oxygen atoms in total. The van der Waals surface area contributed by atoms with E-state index in [1.165, 1.54) is 5.56 Å². The van der Waals surface area contributed by atoms with E-state index in [1.54, 1.807) is 0 Å². The van der Waals surface area contributed by atoms with Crippen LogP contribution in [0.4, 0.5) is 5.69 Å². The predicted molar refractivity (Wildman–Crippen MR) is 82.7 cm³/mol. The summed E-state index contributed by atoms with van der Waals surface area (Å²) in [4.78, 5) is 14.3. The first kappa shape index (κ1) is 15.0. The van der Waals surface area contributed by atoms with Gasteiger partial charge in [0.2, 0.25) is 5.91 Å². The number of nitrogens with one attached hydrogen (secondary N) is 1. The number of nitrogens with two attached hydrogens (primary N) is 1. The smallest absolute Gasteiger partial charge is 0.238 e. The molecule has 1 aliphatic heterocycles. The van der Waals surface area contributed by atoms with Crippen LogP contribution in [0, 0.1) is 19.8 Å². The van der Waals surface area contributed by atoms with Gasteiger partial charge in [0.05, 0.1) is 6.54 Å². The summed E-state index contributed by atoms with van der Waals surface area (Å²) in [6.45, 7) is 8.50. The zero-order chi connectivity index (χ0) is 14.7. The van der Waals surface area contributed by atoms with E-state index in [2.05, 4.69) is 30.1 Å². The molecule has 1 aromatic rings. The predicted octanol–water partition coefficient (Wildman–Crippen LogP) is 1.91. The number of aryl methyl sites for hydroxylation is 1. The quantitative estimate of drug-likeness (QED) is 0.886. The molecule has 0 bridgehead atoms. The second-order valence-corrected chi connectivity index (χ2v) is 5.96. The van der Waals surface area contributed by atoms with E-state index in [0.29, 0.717) is 12.5 Å². The molecule has 4 heteroatoms. The highest BCUT2D eigenvalue weighted by molar-refractivity contribution is 5.93. The van der Waals surface area contributed by atoms with Crippen LogP contribution in [-0.4, -0.2) is 36.5 Å². The minimum Gasteiger partial charge on any atom is -0.327 e. The molecule has 110 valence electrons. The monoisotopic (exact) mass is 275 g/mol. The van der Waals surface area contributed by atoms with E-state index in [-0.39, 0.29) is 11.9 Å². The third-order valence-corrected chi connectivity index (χ3v) is 4.30. The van der Waals surface area contributed by atoms with Crippen LogP contribution >= 0.6 is 0 Å². The van der Waals surface area contributed by atoms with Gasteiger partial charge >= 0.3 is 0 Å². The molecule has 0 spiro atoms. The van der Waals surface area contributed by atoms with Gasteiger partial charge in [-0.05, 0) is 43.4 Å². The van der Waals surface area contributed by atoms with Gasteiger partial charge in [-0.15, -0.1) is 0 Å². The number of piperidine rings is 1. The lowest BCUT2D eigenvalue weighted by atomic mass is 9.95. The molecular weight excluding hydrogens is 250 g/mol. The van der Waals surface area contributed by atoms with Crippen molar-refractivity contribution in [1.29, 1.82) is 0 Å². The Kier molecular flexibility index (Phi) is 4.78. The van der Waals surface area contributed by atoms with Crippen molar-refractivity contribution in [3.8, 4) is 0 Å². The van der Waals surface area contributed by atoms with Crippen LogP contribution < -0.4 is 11.1 Å². The summed E-state index contributed by atoms with van der Waals surface area (Å²) in [5.74, 6) is 0.513. The minimum atomic E-state index is 0.0568. The molecule has 1 amide bonds. The molecule has 0 aliphatic carbocycles. The largest absolute Gasteiger partial charge is 0.327 e. The number of nitrogens with zero attached hydrogens (tertiary/aromatic N) is 1. The molecule has 1 aromatic carbocycles. The van der Waals surface area contributed by atoms with Gasteiger partial charge in [-0.3, -0.25) is 9.69 Å². The lowest BCUT2D eigenvalue weighted by Crippen LogP contribution is -2.48. The van der Waals surface area contributed by atoms with E-state index in [9.17, 15) is 4.79 Å². The molecule has 0 saturated carbocycles. The topological polar surface area (TPSA) is 58.4 Å². The van der Waals surface area contributed by atoms with Crippen molar-refractivity contribution in [3.63, 3.8) is 0 Å². The summed E-state index contributed by atoms with van der Waals surface area (Å²) in [6, 6.07) is 6.25. The number of amides is 1. The number of hydrogen-bond donors (Lipinski definition) is 2. The van der Waals surface area contributed by atoms with Crippen LogP contribution in [0.5, 0.6) is 0 Å². The fourth-order valence-electron chi connectivity index (χ4n) is 2.67. The first-order chi connectivity index (χ1) is 9.47. The zero-order valence-corrected chi connectivity index (χ0v) is 12.6. The number of likely N-dealkylation sites (tertiary alicyclic amines) is 1. The molecule has 20 heavy (non-hydrogen) atoms. The van der Waals surface area contributed by atoms with Crippen LogP contribution in [-0.2, 0) is 4.79 Å². The molecule has 1 saturated heterocycles. The zero-order valence-electron chi connectivity index (χ0n) is 12.6. The third-order valence-electron chi connectivity index (χ3n) is 4.30. The fraction of sp³-hybridized carbons (Fsp3) is 0.562. The van der Waals surface area contributed by atoms with Crippen LogP contribution in [0.15, 0.2) is 18.2 Å². The van der Waals surface area contributed by atoms with Crippen LogP contribution in [0.25, 0.3) is 0 Å². The summed E-state index contributed by atoms with van der Waals surface area (Å²) >= 11 is 0. The van der Waals surface area contributed by atoms with Gasteiger partial charge in [-0.2, -0.15) is 0 Å². The highest BCUT2D eigenvalue weighted by atomic mass is 16.2. The Balaban J connectivity index is 1.91. The van der Waals surface area contributed by atoms with Crippen molar-refractivity contribution in [1.82, 2.24) is 4.90 Å². The molecule has 3 N–H and O–H groups in total. The highest BCUT2D eigenvalue weighted by Crippen LogP contribution is 2.18. The lowest BCUT2D eigenvalue weighted by Gasteiger charge is -2.34. The van der Waals surface area contributed by atoms with Crippen LogP contribution in [0.3, 0.4) is 0 Å². The number of carbonyl (C=O) groups excluding carboxylic acids is 1. The maximum absolute atomic E-state index is 12.1. The Morgan fingerprint density at radius 3 is 2.90 bits per heavy atom. The highest BCUT2D eigenvalue weighted by Gasteiger charge is 2.24. The second kappa shape index (κ2) is 6.37. The maximum atomic E-state index is 12.1. The maximum Gasteiger partial charge on any atom is 0.238 e. The molecule has 0 radical (unpaired) electrons. The number of carbonyl (C=O) groups is 1. The van der Waals surface area contributed by atoms with E-state index in [1.807, 2.05) is 19.1 Å². The molecule has 1 aliphatic rings. The molecular formula is C16H25N3O. The van der Waals surface area contributed by atoms with Gasteiger partial charge in [0, 0.05) is 24.8 Å². The van der Waals surface area contributed by atoms with Gasteiger partial charge < -0.3 is 11.1 Å². The standard InChI is InChI=1S/C16H25N3O/c1-11-5-4-6-15(13(11)3)18-16(20)10-19-8-7-14(17)12(2)9-19/h4-6,12,14H,7-10,17H2,1-3H3,(H,18,20). The first-order valence-corrected chi connectivity index (χ1v) is 7.31. The SMILES string of the molecule is Cc1cccc(NC(=O)CN2CCC(N)C(C)C2)c1C. The van der Waals surface area contributed by atoms with E-state index < -0.39 is 0 Å². The van der Waals surface area contributed by atoms with Crippen molar-refractivity contribution in [2.24, 2.45) is 11.7 Å². The first-order valence-electron chi connectivity index (χ1n) is 7.31. The van der Waals surface area contributed by atoms with Crippen molar-refractivity contribution in [3.05, 3.63) is 29.3 Å².